The number of aromatic hydroxyl groups is 1. The zero-order chi connectivity index (χ0) is 23.2. The normalized spacial score (nSPS) is 18.9. The Balaban J connectivity index is 1.83. The standard InChI is InChI=1S/C23H31N5O4/c1-13(2)12-27-21-17(9-10-18(29)26-11-5-6-14(26)3)15(4)25-28(21)23(32)19(22(27)31)20(30)24-16-7-8-16/h9-10,13-14,16,31H,5-8,11-12H2,1-4H3,(H,24,30)/b10-9+/t14-/m1/s1. The fourth-order valence-electron chi connectivity index (χ4n) is 4.29. The second-order valence-corrected chi connectivity index (χ2v) is 9.35. The first-order valence-electron chi connectivity index (χ1n) is 11.3. The molecule has 2 N–H and O–H groups in total. The van der Waals surface area contributed by atoms with Crippen LogP contribution < -0.4 is 10.9 Å². The second kappa shape index (κ2) is 8.44. The summed E-state index contributed by atoms with van der Waals surface area (Å²) in [6.45, 7) is 8.85. The maximum Gasteiger partial charge on any atom is 0.291 e. The van der Waals surface area contributed by atoms with Crippen molar-refractivity contribution in [2.45, 2.75) is 72.0 Å². The van der Waals surface area contributed by atoms with Crippen LogP contribution in [0.4, 0.5) is 0 Å². The minimum absolute atomic E-state index is 0.0485. The zero-order valence-corrected chi connectivity index (χ0v) is 19.1. The highest BCUT2D eigenvalue weighted by Gasteiger charge is 2.30. The van der Waals surface area contributed by atoms with Gasteiger partial charge in [-0.15, -0.1) is 0 Å². The van der Waals surface area contributed by atoms with Gasteiger partial charge in [-0.2, -0.15) is 9.61 Å². The smallest absolute Gasteiger partial charge is 0.291 e. The largest absolute Gasteiger partial charge is 0.494 e. The highest BCUT2D eigenvalue weighted by molar-refractivity contribution is 5.97. The molecule has 172 valence electrons. The predicted molar refractivity (Wildman–Crippen MR) is 121 cm³/mol. The molecule has 0 unspecified atom stereocenters. The Kier molecular flexibility index (Phi) is 5.83. The summed E-state index contributed by atoms with van der Waals surface area (Å²) in [5.74, 6) is -0.914. The van der Waals surface area contributed by atoms with Crippen molar-refractivity contribution < 1.29 is 14.7 Å². The van der Waals surface area contributed by atoms with E-state index >= 15 is 0 Å². The van der Waals surface area contributed by atoms with Crippen LogP contribution in [0.2, 0.25) is 0 Å². The lowest BCUT2D eigenvalue weighted by Crippen LogP contribution is -2.34. The first-order valence-corrected chi connectivity index (χ1v) is 11.3. The second-order valence-electron chi connectivity index (χ2n) is 9.35. The van der Waals surface area contributed by atoms with Gasteiger partial charge >= 0.3 is 0 Å². The Morgan fingerprint density at radius 2 is 2.00 bits per heavy atom. The molecule has 9 heteroatoms. The van der Waals surface area contributed by atoms with Gasteiger partial charge < -0.3 is 15.3 Å². The van der Waals surface area contributed by atoms with Gasteiger partial charge in [0.1, 0.15) is 5.65 Å². The van der Waals surface area contributed by atoms with Crippen molar-refractivity contribution in [3.05, 3.63) is 33.3 Å². The Hall–Kier alpha value is -3.10. The van der Waals surface area contributed by atoms with E-state index in [0.29, 0.717) is 23.4 Å². The number of carbonyl (C=O) groups is 2. The van der Waals surface area contributed by atoms with Crippen LogP contribution in [0, 0.1) is 12.8 Å². The molecule has 1 saturated carbocycles. The number of fused-ring (bicyclic) bond motifs is 1. The summed E-state index contributed by atoms with van der Waals surface area (Å²) >= 11 is 0. The number of nitrogens with one attached hydrogen (secondary N) is 1. The van der Waals surface area contributed by atoms with Gasteiger partial charge in [0.15, 0.2) is 5.56 Å². The number of amides is 2. The first-order chi connectivity index (χ1) is 15.2. The van der Waals surface area contributed by atoms with Crippen LogP contribution in [0.25, 0.3) is 11.7 Å². The lowest BCUT2D eigenvalue weighted by atomic mass is 10.1. The summed E-state index contributed by atoms with van der Waals surface area (Å²) in [6, 6.07) is 0.250. The molecule has 1 aliphatic heterocycles. The molecule has 2 aliphatic rings. The quantitative estimate of drug-likeness (QED) is 0.667. The molecule has 9 nitrogen and oxygen atoms in total. The summed E-state index contributed by atoms with van der Waals surface area (Å²) in [6.07, 6.45) is 6.88. The van der Waals surface area contributed by atoms with Crippen molar-refractivity contribution in [1.29, 1.82) is 0 Å². The van der Waals surface area contributed by atoms with E-state index in [0.717, 1.165) is 32.2 Å². The summed E-state index contributed by atoms with van der Waals surface area (Å²) < 4.78 is 2.72. The zero-order valence-electron chi connectivity index (χ0n) is 19.1. The predicted octanol–water partition coefficient (Wildman–Crippen LogP) is 2.08. The lowest BCUT2D eigenvalue weighted by Gasteiger charge is -2.19. The van der Waals surface area contributed by atoms with E-state index in [1.807, 2.05) is 25.7 Å². The molecular formula is C23H31N5O4. The van der Waals surface area contributed by atoms with Crippen LogP contribution in [0.15, 0.2) is 10.9 Å². The van der Waals surface area contributed by atoms with Gasteiger partial charge in [-0.05, 0) is 51.5 Å². The Morgan fingerprint density at radius 3 is 2.59 bits per heavy atom. The average molecular weight is 442 g/mol. The maximum absolute atomic E-state index is 13.2. The molecule has 2 fully saturated rings. The van der Waals surface area contributed by atoms with Crippen LogP contribution in [-0.4, -0.2) is 54.6 Å². The average Bonchev–Trinajstić information content (AvgIpc) is 3.32. The van der Waals surface area contributed by atoms with Crippen molar-refractivity contribution in [1.82, 2.24) is 24.4 Å². The Bertz CT molecular complexity index is 1160. The van der Waals surface area contributed by atoms with Gasteiger partial charge in [0.05, 0.1) is 5.69 Å². The molecule has 2 amide bonds. The van der Waals surface area contributed by atoms with E-state index in [4.69, 9.17) is 0 Å². The van der Waals surface area contributed by atoms with Crippen molar-refractivity contribution in [2.24, 2.45) is 5.92 Å². The topological polar surface area (TPSA) is 109 Å². The lowest BCUT2D eigenvalue weighted by molar-refractivity contribution is -0.126. The van der Waals surface area contributed by atoms with E-state index in [9.17, 15) is 19.5 Å². The fourth-order valence-corrected chi connectivity index (χ4v) is 4.29. The molecule has 0 bridgehead atoms. The summed E-state index contributed by atoms with van der Waals surface area (Å²) in [5.41, 5.74) is 0.521. The van der Waals surface area contributed by atoms with Gasteiger partial charge in [-0.1, -0.05) is 13.8 Å². The maximum atomic E-state index is 13.2. The molecule has 1 atom stereocenters. The highest BCUT2D eigenvalue weighted by atomic mass is 16.3. The van der Waals surface area contributed by atoms with Crippen molar-refractivity contribution in [3.63, 3.8) is 0 Å². The van der Waals surface area contributed by atoms with Crippen molar-refractivity contribution in [2.75, 3.05) is 6.54 Å². The Morgan fingerprint density at radius 1 is 1.28 bits per heavy atom. The highest BCUT2D eigenvalue weighted by Crippen LogP contribution is 2.26. The number of hydrogen-bond donors (Lipinski definition) is 2. The SMILES string of the molecule is Cc1nn2c(=O)c(C(=O)NC3CC3)c(O)n(CC(C)C)c2c1/C=C/C(=O)N1CCC[C@H]1C. The molecule has 1 saturated heterocycles. The van der Waals surface area contributed by atoms with E-state index in [1.165, 1.54) is 10.6 Å². The van der Waals surface area contributed by atoms with Gasteiger partial charge in [-0.25, -0.2) is 0 Å². The number of aryl methyl sites for hydroxylation is 1. The Labute approximate surface area is 186 Å². The molecule has 3 heterocycles. The van der Waals surface area contributed by atoms with Crippen LogP contribution in [-0.2, 0) is 11.3 Å². The molecule has 0 radical (unpaired) electrons. The third-order valence-corrected chi connectivity index (χ3v) is 6.14. The number of carbonyl (C=O) groups excluding carboxylic acids is 2. The van der Waals surface area contributed by atoms with Crippen LogP contribution >= 0.6 is 0 Å². The van der Waals surface area contributed by atoms with Gasteiger partial charge in [0, 0.05) is 36.8 Å². The van der Waals surface area contributed by atoms with Crippen LogP contribution in [0.1, 0.15) is 68.1 Å². The minimum atomic E-state index is -0.669. The monoisotopic (exact) mass is 441 g/mol. The van der Waals surface area contributed by atoms with Crippen molar-refractivity contribution >= 4 is 23.5 Å². The van der Waals surface area contributed by atoms with E-state index < -0.39 is 11.5 Å². The molecule has 4 rings (SSSR count). The number of nitrogens with zero attached hydrogens (tertiary/aromatic N) is 4. The van der Waals surface area contributed by atoms with Gasteiger partial charge in [0.25, 0.3) is 11.5 Å². The van der Waals surface area contributed by atoms with Crippen LogP contribution in [0.5, 0.6) is 5.88 Å². The molecule has 0 aromatic carbocycles. The molecule has 32 heavy (non-hydrogen) atoms. The minimum Gasteiger partial charge on any atom is -0.494 e. The molecule has 2 aromatic heterocycles. The number of likely N-dealkylation sites (tertiary alicyclic amines) is 1. The van der Waals surface area contributed by atoms with E-state index in [1.54, 1.807) is 17.6 Å². The third kappa shape index (κ3) is 4.03. The van der Waals surface area contributed by atoms with E-state index in [2.05, 4.69) is 10.4 Å². The van der Waals surface area contributed by atoms with Gasteiger partial charge in [-0.3, -0.25) is 19.0 Å². The third-order valence-electron chi connectivity index (χ3n) is 6.14. The molecular weight excluding hydrogens is 410 g/mol. The molecule has 2 aromatic rings. The van der Waals surface area contributed by atoms with Crippen LogP contribution in [0.3, 0.4) is 0 Å². The molecule has 0 spiro atoms. The summed E-state index contributed by atoms with van der Waals surface area (Å²) in [7, 11) is 0. The number of aromatic nitrogens is 3. The van der Waals surface area contributed by atoms with Gasteiger partial charge in [0.2, 0.25) is 11.8 Å². The summed E-state index contributed by atoms with van der Waals surface area (Å²) in [4.78, 5) is 40.4. The number of rotatable bonds is 6. The number of hydrogen-bond acceptors (Lipinski definition) is 5. The first kappa shape index (κ1) is 22.1. The molecule has 1 aliphatic carbocycles. The summed E-state index contributed by atoms with van der Waals surface area (Å²) in [5, 5.41) is 18.1. The van der Waals surface area contributed by atoms with E-state index in [-0.39, 0.29) is 35.4 Å². The fraction of sp³-hybridized carbons (Fsp3) is 0.565. The van der Waals surface area contributed by atoms with Crippen molar-refractivity contribution in [3.8, 4) is 5.88 Å².